The van der Waals surface area contributed by atoms with Crippen LogP contribution in [-0.4, -0.2) is 39.9 Å². The lowest BCUT2D eigenvalue weighted by atomic mass is 10.3. The van der Waals surface area contributed by atoms with Crippen LogP contribution in [0.15, 0.2) is 16.8 Å². The van der Waals surface area contributed by atoms with E-state index < -0.39 is 11.2 Å². The zero-order valence-electron chi connectivity index (χ0n) is 9.75. The van der Waals surface area contributed by atoms with E-state index in [4.69, 9.17) is 5.11 Å². The Hall–Kier alpha value is -1.01. The summed E-state index contributed by atoms with van der Waals surface area (Å²) in [6.45, 7) is 2.16. The molecule has 1 rings (SSSR count). The molecule has 1 aromatic heterocycles. The van der Waals surface area contributed by atoms with Crippen LogP contribution < -0.4 is 0 Å². The first-order valence-corrected chi connectivity index (χ1v) is 7.09. The predicted octanol–water partition coefficient (Wildman–Crippen LogP) is 1.91. The summed E-state index contributed by atoms with van der Waals surface area (Å²) in [6.07, 6.45) is 0. The van der Waals surface area contributed by atoms with E-state index in [1.54, 1.807) is 30.2 Å². The fourth-order valence-electron chi connectivity index (χ4n) is 1.12. The number of carbonyl (C=O) groups is 2. The zero-order valence-corrected chi connectivity index (χ0v) is 11.4. The van der Waals surface area contributed by atoms with Crippen LogP contribution in [0, 0.1) is 0 Å². The van der Waals surface area contributed by atoms with E-state index in [1.807, 2.05) is 16.8 Å². The number of rotatable bonds is 6. The maximum absolute atomic E-state index is 11.7. The highest BCUT2D eigenvalue weighted by Crippen LogP contribution is 2.13. The number of amides is 1. The Bertz CT molecular complexity index is 378. The molecule has 0 saturated heterocycles. The Morgan fingerprint density at radius 1 is 1.59 bits per heavy atom. The van der Waals surface area contributed by atoms with Crippen LogP contribution in [0.1, 0.15) is 12.5 Å². The fraction of sp³-hybridized carbons (Fsp3) is 0.455. The number of carbonyl (C=O) groups excluding carboxylic acids is 1. The normalized spacial score (nSPS) is 12.1. The minimum absolute atomic E-state index is 0.0469. The average Bonchev–Trinajstić information content (AvgIpc) is 2.77. The number of thioether (sulfide) groups is 1. The molecule has 0 saturated carbocycles. The lowest BCUT2D eigenvalue weighted by molar-refractivity contribution is -0.136. The maximum atomic E-state index is 11.7. The van der Waals surface area contributed by atoms with E-state index >= 15 is 0 Å². The Balaban J connectivity index is 2.34. The molecule has 0 aliphatic rings. The Labute approximate surface area is 109 Å². The molecule has 1 atom stereocenters. The van der Waals surface area contributed by atoms with Crippen LogP contribution in [0.3, 0.4) is 0 Å². The van der Waals surface area contributed by atoms with Crippen LogP contribution >= 0.6 is 23.1 Å². The van der Waals surface area contributed by atoms with Crippen LogP contribution in [-0.2, 0) is 16.1 Å². The molecule has 0 spiro atoms. The highest BCUT2D eigenvalue weighted by atomic mass is 32.2. The minimum atomic E-state index is -0.886. The van der Waals surface area contributed by atoms with Crippen molar-refractivity contribution in [2.24, 2.45) is 0 Å². The average molecular weight is 273 g/mol. The quantitative estimate of drug-likeness (QED) is 0.860. The van der Waals surface area contributed by atoms with Gasteiger partial charge in [-0.1, -0.05) is 0 Å². The number of carboxylic acids is 1. The van der Waals surface area contributed by atoms with Crippen molar-refractivity contribution in [2.75, 3.05) is 12.8 Å². The van der Waals surface area contributed by atoms with Crippen molar-refractivity contribution in [3.8, 4) is 0 Å². The summed E-state index contributed by atoms with van der Waals surface area (Å²) in [5, 5.41) is 12.1. The molecular formula is C11H15NO3S2. The number of thiophene rings is 1. The Morgan fingerprint density at radius 3 is 2.82 bits per heavy atom. The van der Waals surface area contributed by atoms with Gasteiger partial charge in [0.15, 0.2) is 0 Å². The van der Waals surface area contributed by atoms with E-state index in [1.165, 1.54) is 0 Å². The third kappa shape index (κ3) is 4.79. The van der Waals surface area contributed by atoms with Gasteiger partial charge >= 0.3 is 5.97 Å². The van der Waals surface area contributed by atoms with Gasteiger partial charge in [-0.25, -0.2) is 0 Å². The van der Waals surface area contributed by atoms with Crippen molar-refractivity contribution < 1.29 is 14.7 Å². The van der Waals surface area contributed by atoms with Crippen molar-refractivity contribution >= 4 is 35.0 Å². The van der Waals surface area contributed by atoms with Gasteiger partial charge in [0, 0.05) is 13.6 Å². The van der Waals surface area contributed by atoms with E-state index in [2.05, 4.69) is 0 Å². The first-order valence-electron chi connectivity index (χ1n) is 5.10. The van der Waals surface area contributed by atoms with Gasteiger partial charge in [0.25, 0.3) is 0 Å². The largest absolute Gasteiger partial charge is 0.480 e. The predicted molar refractivity (Wildman–Crippen MR) is 70.3 cm³/mol. The van der Waals surface area contributed by atoms with Crippen LogP contribution in [0.2, 0.25) is 0 Å². The molecule has 1 amide bonds. The second kappa shape index (κ2) is 6.66. The molecule has 94 valence electrons. The molecule has 0 fully saturated rings. The first kappa shape index (κ1) is 14.1. The summed E-state index contributed by atoms with van der Waals surface area (Å²) in [7, 11) is 1.73. The third-order valence-corrected chi connectivity index (χ3v) is 4.08. The molecule has 6 heteroatoms. The minimum Gasteiger partial charge on any atom is -0.480 e. The number of hydrogen-bond donors (Lipinski definition) is 1. The van der Waals surface area contributed by atoms with Crippen molar-refractivity contribution in [1.82, 2.24) is 4.90 Å². The summed E-state index contributed by atoms with van der Waals surface area (Å²) in [5.74, 6) is -0.730. The zero-order chi connectivity index (χ0) is 12.8. The van der Waals surface area contributed by atoms with Crippen LogP contribution in [0.25, 0.3) is 0 Å². The van der Waals surface area contributed by atoms with Crippen LogP contribution in [0.5, 0.6) is 0 Å². The van der Waals surface area contributed by atoms with Gasteiger partial charge in [0.1, 0.15) is 0 Å². The van der Waals surface area contributed by atoms with E-state index in [-0.39, 0.29) is 11.7 Å². The number of aliphatic carboxylic acids is 1. The first-order chi connectivity index (χ1) is 8.00. The van der Waals surface area contributed by atoms with Gasteiger partial charge in [-0.05, 0) is 29.3 Å². The molecule has 0 radical (unpaired) electrons. The summed E-state index contributed by atoms with van der Waals surface area (Å²) in [5.41, 5.74) is 1.10. The molecule has 1 N–H and O–H groups in total. The number of nitrogens with zero attached hydrogens (tertiary/aromatic N) is 1. The number of hydrogen-bond acceptors (Lipinski definition) is 4. The molecule has 1 aromatic rings. The van der Waals surface area contributed by atoms with Gasteiger partial charge in [0.2, 0.25) is 5.91 Å². The monoisotopic (exact) mass is 273 g/mol. The van der Waals surface area contributed by atoms with E-state index in [9.17, 15) is 9.59 Å². The van der Waals surface area contributed by atoms with Gasteiger partial charge in [-0.3, -0.25) is 9.59 Å². The van der Waals surface area contributed by atoms with Gasteiger partial charge in [-0.2, -0.15) is 11.3 Å². The molecule has 0 aromatic carbocycles. The molecule has 4 nitrogen and oxygen atoms in total. The molecule has 0 bridgehead atoms. The summed E-state index contributed by atoms with van der Waals surface area (Å²) in [6, 6.07) is 1.97. The molecule has 0 aliphatic heterocycles. The summed E-state index contributed by atoms with van der Waals surface area (Å²) >= 11 is 2.74. The molecule has 1 heterocycles. The standard InChI is InChI=1S/C11H15NO3S2/c1-8(11(14)15)17-7-10(13)12(2)5-9-3-4-16-6-9/h3-4,6,8H,5,7H2,1-2H3,(H,14,15). The van der Waals surface area contributed by atoms with Crippen LogP contribution in [0.4, 0.5) is 0 Å². The highest BCUT2D eigenvalue weighted by Gasteiger charge is 2.15. The van der Waals surface area contributed by atoms with Crippen molar-refractivity contribution in [2.45, 2.75) is 18.7 Å². The lowest BCUT2D eigenvalue weighted by Gasteiger charge is -2.16. The van der Waals surface area contributed by atoms with E-state index in [0.29, 0.717) is 6.54 Å². The fourth-order valence-corrected chi connectivity index (χ4v) is 2.54. The molecule has 0 aliphatic carbocycles. The van der Waals surface area contributed by atoms with Crippen molar-refractivity contribution in [3.05, 3.63) is 22.4 Å². The Kier molecular flexibility index (Phi) is 5.50. The lowest BCUT2D eigenvalue weighted by Crippen LogP contribution is -2.28. The molecule has 1 unspecified atom stereocenters. The highest BCUT2D eigenvalue weighted by molar-refractivity contribution is 8.01. The van der Waals surface area contributed by atoms with E-state index in [0.717, 1.165) is 17.3 Å². The van der Waals surface area contributed by atoms with Gasteiger partial charge < -0.3 is 10.0 Å². The summed E-state index contributed by atoms with van der Waals surface area (Å²) < 4.78 is 0. The smallest absolute Gasteiger partial charge is 0.316 e. The van der Waals surface area contributed by atoms with Gasteiger partial charge in [0.05, 0.1) is 11.0 Å². The van der Waals surface area contributed by atoms with Crippen molar-refractivity contribution in [1.29, 1.82) is 0 Å². The summed E-state index contributed by atoms with van der Waals surface area (Å²) in [4.78, 5) is 23.9. The second-order valence-corrected chi connectivity index (χ2v) is 5.78. The molecular weight excluding hydrogens is 258 g/mol. The SMILES string of the molecule is CC(SCC(=O)N(C)Cc1ccsc1)C(=O)O. The number of carboxylic acid groups (broad SMARTS) is 1. The third-order valence-electron chi connectivity index (χ3n) is 2.23. The maximum Gasteiger partial charge on any atom is 0.316 e. The Morgan fingerprint density at radius 2 is 2.29 bits per heavy atom. The van der Waals surface area contributed by atoms with Gasteiger partial charge in [-0.15, -0.1) is 11.8 Å². The molecule has 17 heavy (non-hydrogen) atoms. The topological polar surface area (TPSA) is 57.6 Å². The second-order valence-electron chi connectivity index (χ2n) is 3.67. The van der Waals surface area contributed by atoms with Crippen molar-refractivity contribution in [3.63, 3.8) is 0 Å².